The summed E-state index contributed by atoms with van der Waals surface area (Å²) in [5.74, 6) is 0.849. The van der Waals surface area contributed by atoms with Crippen molar-refractivity contribution in [2.24, 2.45) is 0 Å². The van der Waals surface area contributed by atoms with Gasteiger partial charge in [0.15, 0.2) is 0 Å². The minimum Gasteiger partial charge on any atom is -0.130 e. The van der Waals surface area contributed by atoms with Crippen LogP contribution in [0.25, 0.3) is 5.69 Å². The number of hydrogen-bond donors (Lipinski definition) is 0. The quantitative estimate of drug-likeness (QED) is 0.682. The Morgan fingerprint density at radius 1 is 0.895 bits per heavy atom. The van der Waals surface area contributed by atoms with Crippen LogP contribution in [-0.2, 0) is 5.75 Å². The fraction of sp³-hybridized carbons (Fsp3) is 0.0714. The van der Waals surface area contributed by atoms with Gasteiger partial charge in [-0.2, -0.15) is 0 Å². The number of aromatic nitrogens is 4. The molecule has 0 aliphatic heterocycles. The lowest BCUT2D eigenvalue weighted by Crippen LogP contribution is -1.97. The van der Waals surface area contributed by atoms with Crippen molar-refractivity contribution in [2.75, 3.05) is 0 Å². The third-order valence-electron chi connectivity index (χ3n) is 2.59. The molecule has 0 spiro atoms. The topological polar surface area (TPSA) is 43.6 Å². The Kier molecular flexibility index (Phi) is 3.56. The van der Waals surface area contributed by atoms with E-state index >= 15 is 0 Å². The average molecular weight is 268 g/mol. The molecule has 19 heavy (non-hydrogen) atoms. The lowest BCUT2D eigenvalue weighted by Gasteiger charge is -1.97. The predicted molar refractivity (Wildman–Crippen MR) is 75.2 cm³/mol. The molecule has 0 saturated heterocycles. The zero-order valence-electron chi connectivity index (χ0n) is 10.2. The zero-order valence-corrected chi connectivity index (χ0v) is 11.0. The predicted octanol–water partition coefficient (Wildman–Crippen LogP) is 2.95. The molecule has 0 N–H and O–H groups in total. The van der Waals surface area contributed by atoms with Crippen molar-refractivity contribution in [1.82, 2.24) is 20.2 Å². The fourth-order valence-corrected chi connectivity index (χ4v) is 2.37. The molecule has 0 amide bonds. The lowest BCUT2D eigenvalue weighted by atomic mass is 10.2. The number of rotatable bonds is 4. The van der Waals surface area contributed by atoms with E-state index in [2.05, 4.69) is 27.5 Å². The second kappa shape index (κ2) is 5.67. The summed E-state index contributed by atoms with van der Waals surface area (Å²) in [4.78, 5) is 1.55. The van der Waals surface area contributed by atoms with Gasteiger partial charge in [0.25, 0.3) is 0 Å². The van der Waals surface area contributed by atoms with Gasteiger partial charge in [0.2, 0.25) is 5.16 Å². The summed E-state index contributed by atoms with van der Waals surface area (Å²) in [5.41, 5.74) is 2.17. The van der Waals surface area contributed by atoms with Crippen molar-refractivity contribution >= 4 is 11.8 Å². The Morgan fingerprint density at radius 2 is 1.58 bits per heavy atom. The minimum atomic E-state index is 0.688. The van der Waals surface area contributed by atoms with E-state index in [4.69, 9.17) is 0 Å². The maximum absolute atomic E-state index is 4.35. The Bertz CT molecular complexity index is 637. The summed E-state index contributed by atoms with van der Waals surface area (Å²) in [7, 11) is 0. The molecule has 0 fully saturated rings. The van der Waals surface area contributed by atoms with Crippen molar-refractivity contribution in [3.8, 4) is 5.69 Å². The van der Waals surface area contributed by atoms with Crippen LogP contribution in [0, 0.1) is 0 Å². The molecule has 94 valence electrons. The molecule has 0 unspecified atom stereocenters. The first-order valence-electron chi connectivity index (χ1n) is 5.94. The van der Waals surface area contributed by atoms with E-state index in [1.165, 1.54) is 5.56 Å². The number of nitrogens with zero attached hydrogens (tertiary/aromatic N) is 4. The largest absolute Gasteiger partial charge is 0.231 e. The molecule has 2 aromatic carbocycles. The van der Waals surface area contributed by atoms with E-state index in [-0.39, 0.29) is 0 Å². The van der Waals surface area contributed by atoms with Crippen LogP contribution in [0.15, 0.2) is 65.8 Å². The van der Waals surface area contributed by atoms with Crippen LogP contribution in [0.2, 0.25) is 0 Å². The van der Waals surface area contributed by atoms with Gasteiger partial charge in [0.1, 0.15) is 0 Å². The molecule has 0 radical (unpaired) electrons. The highest BCUT2D eigenvalue weighted by molar-refractivity contribution is 7.98. The molecule has 0 bridgehead atoms. The highest BCUT2D eigenvalue weighted by Gasteiger charge is 2.05. The van der Waals surface area contributed by atoms with E-state index in [1.807, 2.05) is 48.5 Å². The van der Waals surface area contributed by atoms with Crippen molar-refractivity contribution in [2.45, 2.75) is 10.9 Å². The summed E-state index contributed by atoms with van der Waals surface area (Å²) in [6.45, 7) is 0. The average Bonchev–Trinajstić information content (AvgIpc) is 2.96. The van der Waals surface area contributed by atoms with E-state index in [9.17, 15) is 0 Å². The number of benzene rings is 2. The van der Waals surface area contributed by atoms with Crippen LogP contribution >= 0.6 is 11.8 Å². The number of tetrazole rings is 1. The highest BCUT2D eigenvalue weighted by Crippen LogP contribution is 2.18. The second-order valence-corrected chi connectivity index (χ2v) is 4.91. The SMILES string of the molecule is c1ccc(CSc2nnn(-c3ccccc3)n2)cc1. The second-order valence-electron chi connectivity index (χ2n) is 3.97. The van der Waals surface area contributed by atoms with Crippen molar-refractivity contribution < 1.29 is 0 Å². The van der Waals surface area contributed by atoms with Crippen LogP contribution in [0.1, 0.15) is 5.56 Å². The number of para-hydroxylation sites is 1. The van der Waals surface area contributed by atoms with Gasteiger partial charge in [0, 0.05) is 5.75 Å². The summed E-state index contributed by atoms with van der Waals surface area (Å²) < 4.78 is 0. The summed E-state index contributed by atoms with van der Waals surface area (Å²) in [6.07, 6.45) is 0. The number of hydrogen-bond acceptors (Lipinski definition) is 4. The monoisotopic (exact) mass is 268 g/mol. The highest BCUT2D eigenvalue weighted by atomic mass is 32.2. The standard InChI is InChI=1S/C14H12N4S/c1-3-7-12(8-4-1)11-19-14-15-17-18(16-14)13-9-5-2-6-10-13/h1-10H,11H2. The van der Waals surface area contributed by atoms with Crippen molar-refractivity contribution in [1.29, 1.82) is 0 Å². The molecule has 0 saturated carbocycles. The molecular weight excluding hydrogens is 256 g/mol. The first-order chi connectivity index (χ1) is 9.42. The molecule has 0 aliphatic carbocycles. The van der Waals surface area contributed by atoms with Gasteiger partial charge in [0.05, 0.1) is 5.69 Å². The maximum atomic E-state index is 4.35. The van der Waals surface area contributed by atoms with Crippen LogP contribution in [0.4, 0.5) is 0 Å². The van der Waals surface area contributed by atoms with Crippen LogP contribution in [0.3, 0.4) is 0 Å². The van der Waals surface area contributed by atoms with Gasteiger partial charge < -0.3 is 0 Å². The Hall–Kier alpha value is -2.14. The van der Waals surface area contributed by atoms with Gasteiger partial charge >= 0.3 is 0 Å². The molecule has 1 heterocycles. The smallest absolute Gasteiger partial charge is 0.130 e. The van der Waals surface area contributed by atoms with E-state index in [0.29, 0.717) is 5.16 Å². The van der Waals surface area contributed by atoms with Crippen LogP contribution < -0.4 is 0 Å². The van der Waals surface area contributed by atoms with Crippen LogP contribution in [0.5, 0.6) is 0 Å². The normalized spacial score (nSPS) is 10.5. The van der Waals surface area contributed by atoms with Gasteiger partial charge in [-0.15, -0.1) is 15.0 Å². The van der Waals surface area contributed by atoms with Gasteiger partial charge in [-0.25, -0.2) is 0 Å². The van der Waals surface area contributed by atoms with Crippen LogP contribution in [-0.4, -0.2) is 20.2 Å². The van der Waals surface area contributed by atoms with Gasteiger partial charge in [-0.05, 0) is 22.9 Å². The molecule has 3 rings (SSSR count). The maximum Gasteiger partial charge on any atom is 0.231 e. The van der Waals surface area contributed by atoms with E-state index < -0.39 is 0 Å². The lowest BCUT2D eigenvalue weighted by molar-refractivity contribution is 0.717. The molecular formula is C14H12N4S. The first-order valence-corrected chi connectivity index (χ1v) is 6.92. The summed E-state index contributed by atoms with van der Waals surface area (Å²) in [6, 6.07) is 20.0. The molecule has 0 atom stereocenters. The Morgan fingerprint density at radius 3 is 2.32 bits per heavy atom. The third kappa shape index (κ3) is 3.00. The molecule has 0 aliphatic rings. The zero-order chi connectivity index (χ0) is 12.9. The molecule has 5 heteroatoms. The fourth-order valence-electron chi connectivity index (χ4n) is 1.65. The van der Waals surface area contributed by atoms with Gasteiger partial charge in [-0.1, -0.05) is 60.3 Å². The van der Waals surface area contributed by atoms with Crippen molar-refractivity contribution in [3.05, 3.63) is 66.2 Å². The first kappa shape index (κ1) is 11.9. The molecule has 4 nitrogen and oxygen atoms in total. The summed E-state index contributed by atoms with van der Waals surface area (Å²) >= 11 is 1.58. The summed E-state index contributed by atoms with van der Waals surface area (Å²) in [5, 5.41) is 13.1. The molecule has 1 aromatic heterocycles. The minimum absolute atomic E-state index is 0.688. The number of thioether (sulfide) groups is 1. The van der Waals surface area contributed by atoms with E-state index in [1.54, 1.807) is 16.6 Å². The Balaban J connectivity index is 1.69. The molecule has 3 aromatic rings. The third-order valence-corrected chi connectivity index (χ3v) is 3.49. The van der Waals surface area contributed by atoms with Crippen molar-refractivity contribution in [3.63, 3.8) is 0 Å². The Labute approximate surface area is 115 Å². The van der Waals surface area contributed by atoms with Gasteiger partial charge in [-0.3, -0.25) is 0 Å². The van der Waals surface area contributed by atoms with E-state index in [0.717, 1.165) is 11.4 Å².